The molecule has 0 unspecified atom stereocenters. The molecule has 0 saturated heterocycles. The first-order chi connectivity index (χ1) is 8.40. The SMILES string of the molecule is Cc1cc(-c2cc(C)c(N)c(C)c2)c(C)cc1N. The molecule has 0 spiro atoms. The molecule has 0 aliphatic rings. The quantitative estimate of drug-likeness (QED) is 0.746. The van der Waals surface area contributed by atoms with Crippen LogP contribution in [0.4, 0.5) is 11.4 Å². The van der Waals surface area contributed by atoms with E-state index >= 15 is 0 Å². The van der Waals surface area contributed by atoms with E-state index in [9.17, 15) is 0 Å². The molecule has 2 aromatic carbocycles. The van der Waals surface area contributed by atoms with Crippen molar-refractivity contribution in [2.24, 2.45) is 0 Å². The number of anilines is 2. The van der Waals surface area contributed by atoms with Crippen molar-refractivity contribution in [3.63, 3.8) is 0 Å². The molecule has 0 bridgehead atoms. The summed E-state index contributed by atoms with van der Waals surface area (Å²) in [5.41, 5.74) is 20.7. The fourth-order valence-corrected chi connectivity index (χ4v) is 2.28. The van der Waals surface area contributed by atoms with E-state index in [4.69, 9.17) is 11.5 Å². The van der Waals surface area contributed by atoms with Crippen LogP contribution in [0.15, 0.2) is 24.3 Å². The van der Waals surface area contributed by atoms with Crippen LogP contribution in [-0.4, -0.2) is 0 Å². The highest BCUT2D eigenvalue weighted by Crippen LogP contribution is 2.31. The van der Waals surface area contributed by atoms with Gasteiger partial charge < -0.3 is 11.5 Å². The van der Waals surface area contributed by atoms with E-state index in [1.807, 2.05) is 26.8 Å². The van der Waals surface area contributed by atoms with Gasteiger partial charge in [-0.3, -0.25) is 0 Å². The monoisotopic (exact) mass is 240 g/mol. The van der Waals surface area contributed by atoms with Gasteiger partial charge in [-0.1, -0.05) is 0 Å². The highest BCUT2D eigenvalue weighted by atomic mass is 14.6. The van der Waals surface area contributed by atoms with Crippen LogP contribution in [0, 0.1) is 27.7 Å². The predicted octanol–water partition coefficient (Wildman–Crippen LogP) is 3.75. The molecule has 0 fully saturated rings. The van der Waals surface area contributed by atoms with Crippen molar-refractivity contribution in [1.82, 2.24) is 0 Å². The van der Waals surface area contributed by atoms with Gasteiger partial charge in [0.1, 0.15) is 0 Å². The van der Waals surface area contributed by atoms with Crippen LogP contribution in [0.2, 0.25) is 0 Å². The Hall–Kier alpha value is -1.96. The predicted molar refractivity (Wildman–Crippen MR) is 79.7 cm³/mol. The third-order valence-electron chi connectivity index (χ3n) is 3.52. The first kappa shape index (κ1) is 12.5. The Morgan fingerprint density at radius 1 is 0.667 bits per heavy atom. The number of rotatable bonds is 1. The molecule has 0 aliphatic heterocycles. The van der Waals surface area contributed by atoms with Gasteiger partial charge in [0.2, 0.25) is 0 Å². The summed E-state index contributed by atoms with van der Waals surface area (Å²) in [6.45, 7) is 8.22. The van der Waals surface area contributed by atoms with Gasteiger partial charge in [0.25, 0.3) is 0 Å². The molecule has 2 nitrogen and oxygen atoms in total. The zero-order chi connectivity index (χ0) is 13.4. The Kier molecular flexibility index (Phi) is 3.04. The maximum atomic E-state index is 6.00. The van der Waals surface area contributed by atoms with Crippen molar-refractivity contribution in [1.29, 1.82) is 0 Å². The average molecular weight is 240 g/mol. The van der Waals surface area contributed by atoms with E-state index in [-0.39, 0.29) is 0 Å². The second-order valence-corrected chi connectivity index (χ2v) is 5.05. The largest absolute Gasteiger partial charge is 0.399 e. The maximum absolute atomic E-state index is 6.00. The normalized spacial score (nSPS) is 10.7. The topological polar surface area (TPSA) is 52.0 Å². The van der Waals surface area contributed by atoms with E-state index in [2.05, 4.69) is 25.1 Å². The number of hydrogen-bond acceptors (Lipinski definition) is 2. The molecule has 2 aromatic rings. The second kappa shape index (κ2) is 4.37. The van der Waals surface area contributed by atoms with Crippen molar-refractivity contribution in [3.05, 3.63) is 46.5 Å². The number of benzene rings is 2. The molecule has 0 saturated carbocycles. The van der Waals surface area contributed by atoms with Crippen LogP contribution < -0.4 is 11.5 Å². The Morgan fingerprint density at radius 2 is 1.22 bits per heavy atom. The number of nitrogens with two attached hydrogens (primary N) is 2. The summed E-state index contributed by atoms with van der Waals surface area (Å²) in [6.07, 6.45) is 0. The highest BCUT2D eigenvalue weighted by molar-refractivity contribution is 5.75. The third kappa shape index (κ3) is 2.06. The second-order valence-electron chi connectivity index (χ2n) is 5.05. The molecule has 0 heterocycles. The molecule has 2 heteroatoms. The highest BCUT2D eigenvalue weighted by Gasteiger charge is 2.08. The van der Waals surface area contributed by atoms with Gasteiger partial charge in [0.15, 0.2) is 0 Å². The first-order valence-electron chi connectivity index (χ1n) is 6.14. The number of aryl methyl sites for hydroxylation is 4. The van der Waals surface area contributed by atoms with Gasteiger partial charge in [-0.15, -0.1) is 0 Å². The Labute approximate surface area is 109 Å². The summed E-state index contributed by atoms with van der Waals surface area (Å²) in [6, 6.07) is 8.46. The summed E-state index contributed by atoms with van der Waals surface area (Å²) in [7, 11) is 0. The smallest absolute Gasteiger partial charge is 0.0373 e. The summed E-state index contributed by atoms with van der Waals surface area (Å²) in [5, 5.41) is 0. The van der Waals surface area contributed by atoms with Gasteiger partial charge in [-0.05, 0) is 85.3 Å². The fraction of sp³-hybridized carbons (Fsp3) is 0.250. The molecular weight excluding hydrogens is 220 g/mol. The zero-order valence-corrected chi connectivity index (χ0v) is 11.5. The molecule has 0 radical (unpaired) electrons. The molecule has 94 valence electrons. The zero-order valence-electron chi connectivity index (χ0n) is 11.5. The van der Waals surface area contributed by atoms with Crippen LogP contribution in [-0.2, 0) is 0 Å². The first-order valence-corrected chi connectivity index (χ1v) is 6.14. The minimum absolute atomic E-state index is 0.847. The molecule has 2 rings (SSSR count). The van der Waals surface area contributed by atoms with Crippen LogP contribution in [0.5, 0.6) is 0 Å². The maximum Gasteiger partial charge on any atom is 0.0373 e. The minimum Gasteiger partial charge on any atom is -0.399 e. The van der Waals surface area contributed by atoms with Crippen molar-refractivity contribution < 1.29 is 0 Å². The third-order valence-corrected chi connectivity index (χ3v) is 3.52. The van der Waals surface area contributed by atoms with Crippen molar-refractivity contribution in [2.75, 3.05) is 11.5 Å². The number of nitrogen functional groups attached to an aromatic ring is 2. The van der Waals surface area contributed by atoms with Crippen molar-refractivity contribution in [2.45, 2.75) is 27.7 Å². The molecule has 0 aromatic heterocycles. The lowest BCUT2D eigenvalue weighted by Crippen LogP contribution is -1.97. The van der Waals surface area contributed by atoms with Crippen molar-refractivity contribution in [3.8, 4) is 11.1 Å². The molecule has 0 atom stereocenters. The number of hydrogen-bond donors (Lipinski definition) is 2. The van der Waals surface area contributed by atoms with Crippen LogP contribution in [0.1, 0.15) is 22.3 Å². The molecule has 0 amide bonds. The summed E-state index contributed by atoms with van der Waals surface area (Å²) in [5.74, 6) is 0. The summed E-state index contributed by atoms with van der Waals surface area (Å²) < 4.78 is 0. The lowest BCUT2D eigenvalue weighted by molar-refractivity contribution is 1.36. The van der Waals surface area contributed by atoms with Gasteiger partial charge in [0.05, 0.1) is 0 Å². The average Bonchev–Trinajstić information content (AvgIpc) is 2.30. The van der Waals surface area contributed by atoms with Gasteiger partial charge in [-0.25, -0.2) is 0 Å². The van der Waals surface area contributed by atoms with Gasteiger partial charge in [-0.2, -0.15) is 0 Å². The van der Waals surface area contributed by atoms with Crippen molar-refractivity contribution >= 4 is 11.4 Å². The molecule has 18 heavy (non-hydrogen) atoms. The molecule has 0 aliphatic carbocycles. The van der Waals surface area contributed by atoms with E-state index < -0.39 is 0 Å². The summed E-state index contributed by atoms with van der Waals surface area (Å²) in [4.78, 5) is 0. The van der Waals surface area contributed by atoms with E-state index in [0.717, 1.165) is 28.1 Å². The Balaban J connectivity index is 2.66. The lowest BCUT2D eigenvalue weighted by Gasteiger charge is -2.13. The van der Waals surface area contributed by atoms with E-state index in [1.165, 1.54) is 16.7 Å². The van der Waals surface area contributed by atoms with Gasteiger partial charge >= 0.3 is 0 Å². The van der Waals surface area contributed by atoms with Crippen LogP contribution in [0.25, 0.3) is 11.1 Å². The Bertz CT molecular complexity index is 590. The minimum atomic E-state index is 0.847. The lowest BCUT2D eigenvalue weighted by atomic mass is 9.94. The summed E-state index contributed by atoms with van der Waals surface area (Å²) >= 11 is 0. The molecular formula is C16H20N2. The standard InChI is InChI=1S/C16H20N2/c1-9-8-15(17)10(2)7-14(9)13-5-11(3)16(18)12(4)6-13/h5-8H,17-18H2,1-4H3. The van der Waals surface area contributed by atoms with E-state index in [0.29, 0.717) is 0 Å². The van der Waals surface area contributed by atoms with Crippen LogP contribution in [0.3, 0.4) is 0 Å². The molecule has 4 N–H and O–H groups in total. The van der Waals surface area contributed by atoms with E-state index in [1.54, 1.807) is 0 Å². The van der Waals surface area contributed by atoms with Crippen LogP contribution >= 0.6 is 0 Å². The fourth-order valence-electron chi connectivity index (χ4n) is 2.28. The Morgan fingerprint density at radius 3 is 1.78 bits per heavy atom. The van der Waals surface area contributed by atoms with Gasteiger partial charge in [0, 0.05) is 11.4 Å².